The Labute approximate surface area is 97.4 Å². The van der Waals surface area contributed by atoms with Crippen molar-refractivity contribution in [3.63, 3.8) is 0 Å². The summed E-state index contributed by atoms with van der Waals surface area (Å²) in [5.74, 6) is 0.472. The number of aliphatic hydroxyl groups excluding tert-OH is 1. The van der Waals surface area contributed by atoms with E-state index in [0.717, 1.165) is 17.9 Å². The molecule has 0 amide bonds. The van der Waals surface area contributed by atoms with Gasteiger partial charge in [-0.3, -0.25) is 0 Å². The maximum Gasteiger partial charge on any atom is 0.137 e. The fraction of sp³-hybridized carbons (Fsp3) is 0.500. The number of aliphatic hydroxyl groups is 1. The van der Waals surface area contributed by atoms with Crippen molar-refractivity contribution >= 4 is 15.9 Å². The Morgan fingerprint density at radius 1 is 1.47 bits per heavy atom. The Morgan fingerprint density at radius 3 is 2.80 bits per heavy atom. The molecule has 0 bridgehead atoms. The quantitative estimate of drug-likeness (QED) is 0.892. The van der Waals surface area contributed by atoms with Gasteiger partial charge in [-0.15, -0.1) is 0 Å². The Morgan fingerprint density at radius 2 is 2.20 bits per heavy atom. The van der Waals surface area contributed by atoms with Gasteiger partial charge in [0.15, 0.2) is 0 Å². The van der Waals surface area contributed by atoms with Crippen LogP contribution in [0.1, 0.15) is 24.8 Å². The molecule has 1 aliphatic rings. The molecule has 0 aliphatic heterocycles. The van der Waals surface area contributed by atoms with Gasteiger partial charge in [0.25, 0.3) is 0 Å². The average Bonchev–Trinajstić information content (AvgIpc) is 2.95. The first-order valence-electron chi connectivity index (χ1n) is 5.27. The van der Waals surface area contributed by atoms with Gasteiger partial charge in [0.05, 0.1) is 10.6 Å². The highest BCUT2D eigenvalue weighted by atomic mass is 79.9. The molecule has 0 radical (unpaired) electrons. The number of halogens is 2. The molecule has 0 saturated heterocycles. The molecular weight excluding hydrogens is 259 g/mol. The second-order valence-electron chi connectivity index (χ2n) is 4.29. The van der Waals surface area contributed by atoms with Crippen molar-refractivity contribution in [1.82, 2.24) is 0 Å². The first kappa shape index (κ1) is 11.1. The molecule has 1 N–H and O–H groups in total. The minimum Gasteiger partial charge on any atom is -0.393 e. The Balaban J connectivity index is 1.93. The van der Waals surface area contributed by atoms with E-state index in [0.29, 0.717) is 10.9 Å². The summed E-state index contributed by atoms with van der Waals surface area (Å²) in [5, 5.41) is 9.76. The number of hydrogen-bond donors (Lipinski definition) is 1. The summed E-state index contributed by atoms with van der Waals surface area (Å²) in [6.07, 6.45) is 3.73. The first-order chi connectivity index (χ1) is 7.15. The lowest BCUT2D eigenvalue weighted by atomic mass is 10.0. The molecule has 1 aromatic rings. The lowest BCUT2D eigenvalue weighted by Gasteiger charge is -2.10. The van der Waals surface area contributed by atoms with Crippen molar-refractivity contribution in [1.29, 1.82) is 0 Å². The van der Waals surface area contributed by atoms with Crippen LogP contribution in [-0.4, -0.2) is 11.2 Å². The number of hydrogen-bond acceptors (Lipinski definition) is 1. The molecule has 1 nitrogen and oxygen atoms in total. The third-order valence-electron chi connectivity index (χ3n) is 2.76. The zero-order chi connectivity index (χ0) is 10.8. The van der Waals surface area contributed by atoms with Crippen molar-refractivity contribution in [2.45, 2.75) is 31.8 Å². The van der Waals surface area contributed by atoms with Crippen LogP contribution in [0.4, 0.5) is 4.39 Å². The van der Waals surface area contributed by atoms with E-state index in [1.54, 1.807) is 12.1 Å². The summed E-state index contributed by atoms with van der Waals surface area (Å²) in [5.41, 5.74) is 0.983. The van der Waals surface area contributed by atoms with E-state index in [2.05, 4.69) is 15.9 Å². The largest absolute Gasteiger partial charge is 0.393 e. The van der Waals surface area contributed by atoms with Crippen LogP contribution < -0.4 is 0 Å². The van der Waals surface area contributed by atoms with Crippen LogP contribution in [0.5, 0.6) is 0 Å². The van der Waals surface area contributed by atoms with E-state index in [4.69, 9.17) is 0 Å². The van der Waals surface area contributed by atoms with Crippen LogP contribution >= 0.6 is 15.9 Å². The highest BCUT2D eigenvalue weighted by Gasteiger charge is 2.24. The standard InChI is InChI=1S/C12H14BrFO/c13-11-7-9(3-4-12(11)14)6-10(15)5-8-1-2-8/h3-4,7-8,10,15H,1-2,5-6H2. The molecule has 82 valence electrons. The van der Waals surface area contributed by atoms with Gasteiger partial charge in [0, 0.05) is 0 Å². The van der Waals surface area contributed by atoms with Crippen molar-refractivity contribution in [3.8, 4) is 0 Å². The molecule has 0 aromatic heterocycles. The van der Waals surface area contributed by atoms with Crippen LogP contribution in [-0.2, 0) is 6.42 Å². The highest BCUT2D eigenvalue weighted by molar-refractivity contribution is 9.10. The highest BCUT2D eigenvalue weighted by Crippen LogP contribution is 2.34. The summed E-state index contributed by atoms with van der Waals surface area (Å²) in [6.45, 7) is 0. The Kier molecular flexibility index (Phi) is 3.42. The summed E-state index contributed by atoms with van der Waals surface area (Å²) in [6, 6.07) is 4.91. The van der Waals surface area contributed by atoms with Crippen molar-refractivity contribution in [2.75, 3.05) is 0 Å². The molecule has 3 heteroatoms. The van der Waals surface area contributed by atoms with Gasteiger partial charge in [0.2, 0.25) is 0 Å². The SMILES string of the molecule is OC(Cc1ccc(F)c(Br)c1)CC1CC1. The van der Waals surface area contributed by atoms with Gasteiger partial charge < -0.3 is 5.11 Å². The van der Waals surface area contributed by atoms with Crippen LogP contribution in [0, 0.1) is 11.7 Å². The predicted octanol–water partition coefficient (Wildman–Crippen LogP) is 3.29. The van der Waals surface area contributed by atoms with Gasteiger partial charge in [-0.25, -0.2) is 4.39 Å². The van der Waals surface area contributed by atoms with E-state index in [9.17, 15) is 9.50 Å². The Bertz CT molecular complexity index is 349. The van der Waals surface area contributed by atoms with Gasteiger partial charge in [-0.05, 0) is 52.4 Å². The first-order valence-corrected chi connectivity index (χ1v) is 6.06. The molecule has 1 aliphatic carbocycles. The lowest BCUT2D eigenvalue weighted by molar-refractivity contribution is 0.158. The molecule has 15 heavy (non-hydrogen) atoms. The predicted molar refractivity (Wildman–Crippen MR) is 61.2 cm³/mol. The van der Waals surface area contributed by atoms with Gasteiger partial charge in [-0.2, -0.15) is 0 Å². The maximum atomic E-state index is 12.9. The van der Waals surface area contributed by atoms with Crippen LogP contribution in [0.2, 0.25) is 0 Å². The second kappa shape index (κ2) is 4.62. The van der Waals surface area contributed by atoms with Gasteiger partial charge in [-0.1, -0.05) is 18.9 Å². The molecule has 0 heterocycles. The summed E-state index contributed by atoms with van der Waals surface area (Å²) < 4.78 is 13.4. The fourth-order valence-electron chi connectivity index (χ4n) is 1.76. The number of benzene rings is 1. The third kappa shape index (κ3) is 3.28. The molecule has 1 saturated carbocycles. The van der Waals surface area contributed by atoms with Crippen molar-refractivity contribution in [2.24, 2.45) is 5.92 Å². The molecule has 1 atom stereocenters. The summed E-state index contributed by atoms with van der Waals surface area (Å²) in [7, 11) is 0. The molecule has 1 unspecified atom stereocenters. The average molecular weight is 273 g/mol. The molecule has 1 fully saturated rings. The smallest absolute Gasteiger partial charge is 0.137 e. The van der Waals surface area contributed by atoms with Crippen LogP contribution in [0.15, 0.2) is 22.7 Å². The van der Waals surface area contributed by atoms with Gasteiger partial charge >= 0.3 is 0 Å². The van der Waals surface area contributed by atoms with E-state index in [1.165, 1.54) is 18.9 Å². The van der Waals surface area contributed by atoms with Crippen LogP contribution in [0.3, 0.4) is 0 Å². The molecule has 1 aromatic carbocycles. The zero-order valence-corrected chi connectivity index (χ0v) is 10.0. The number of rotatable bonds is 4. The monoisotopic (exact) mass is 272 g/mol. The second-order valence-corrected chi connectivity index (χ2v) is 5.14. The fourth-order valence-corrected chi connectivity index (χ4v) is 2.19. The minimum absolute atomic E-state index is 0.254. The van der Waals surface area contributed by atoms with E-state index < -0.39 is 0 Å². The maximum absolute atomic E-state index is 12.9. The lowest BCUT2D eigenvalue weighted by Crippen LogP contribution is -2.11. The van der Waals surface area contributed by atoms with E-state index >= 15 is 0 Å². The normalized spacial score (nSPS) is 17.8. The zero-order valence-electron chi connectivity index (χ0n) is 8.42. The Hall–Kier alpha value is -0.410. The van der Waals surface area contributed by atoms with E-state index in [-0.39, 0.29) is 11.9 Å². The van der Waals surface area contributed by atoms with Gasteiger partial charge in [0.1, 0.15) is 5.82 Å². The van der Waals surface area contributed by atoms with Crippen molar-refractivity contribution in [3.05, 3.63) is 34.1 Å². The van der Waals surface area contributed by atoms with Crippen molar-refractivity contribution < 1.29 is 9.50 Å². The van der Waals surface area contributed by atoms with Crippen LogP contribution in [0.25, 0.3) is 0 Å². The summed E-state index contributed by atoms with van der Waals surface area (Å²) >= 11 is 3.14. The topological polar surface area (TPSA) is 20.2 Å². The molecular formula is C12H14BrFO. The third-order valence-corrected chi connectivity index (χ3v) is 3.37. The minimum atomic E-state index is -0.283. The molecule has 0 spiro atoms. The van der Waals surface area contributed by atoms with E-state index in [1.807, 2.05) is 0 Å². The molecule has 2 rings (SSSR count). The summed E-state index contributed by atoms with van der Waals surface area (Å²) in [4.78, 5) is 0.